The van der Waals surface area contributed by atoms with Crippen molar-refractivity contribution in [2.45, 2.75) is 22.3 Å². The average Bonchev–Trinajstić information content (AvgIpc) is 2.62. The molecule has 1 atom stereocenters. The summed E-state index contributed by atoms with van der Waals surface area (Å²) < 4.78 is 39.2. The molecule has 0 aromatic heterocycles. The van der Waals surface area contributed by atoms with E-state index in [0.29, 0.717) is 6.42 Å². The van der Waals surface area contributed by atoms with Crippen LogP contribution in [0.5, 0.6) is 0 Å². The van der Waals surface area contributed by atoms with Gasteiger partial charge in [-0.25, -0.2) is 17.1 Å². The Kier molecular flexibility index (Phi) is 5.36. The van der Waals surface area contributed by atoms with Gasteiger partial charge in [0, 0.05) is 30.3 Å². The van der Waals surface area contributed by atoms with Crippen LogP contribution in [-0.2, 0) is 10.0 Å². The normalized spacial score (nSPS) is 17.0. The number of sulfonamides is 1. The van der Waals surface area contributed by atoms with Crippen molar-refractivity contribution in [2.24, 2.45) is 0 Å². The first-order valence-corrected chi connectivity index (χ1v) is 10.5. The molecule has 2 aromatic rings. The van der Waals surface area contributed by atoms with E-state index < -0.39 is 10.0 Å². The van der Waals surface area contributed by atoms with Crippen molar-refractivity contribution >= 4 is 27.7 Å². The molecule has 0 saturated carbocycles. The maximum Gasteiger partial charge on any atom is 0.251 e. The molecule has 2 aromatic carbocycles. The second kappa shape index (κ2) is 7.38. The van der Waals surface area contributed by atoms with Gasteiger partial charge in [-0.3, -0.25) is 4.79 Å². The lowest BCUT2D eigenvalue weighted by Gasteiger charge is -2.26. The van der Waals surface area contributed by atoms with Crippen LogP contribution in [0.15, 0.2) is 52.3 Å². The van der Waals surface area contributed by atoms with E-state index in [4.69, 9.17) is 0 Å². The van der Waals surface area contributed by atoms with Crippen LogP contribution in [0.2, 0.25) is 0 Å². The molecule has 0 aliphatic carbocycles. The van der Waals surface area contributed by atoms with Crippen LogP contribution in [0.1, 0.15) is 28.4 Å². The number of nitrogens with one attached hydrogen (secondary N) is 1. The van der Waals surface area contributed by atoms with Crippen molar-refractivity contribution in [3.05, 3.63) is 59.4 Å². The van der Waals surface area contributed by atoms with Gasteiger partial charge in [-0.15, -0.1) is 11.8 Å². The van der Waals surface area contributed by atoms with Gasteiger partial charge in [0.15, 0.2) is 0 Å². The number of nitrogens with zero attached hydrogens (tertiary/aromatic N) is 1. The molecule has 1 N–H and O–H groups in total. The summed E-state index contributed by atoms with van der Waals surface area (Å²) in [4.78, 5) is 13.6. The quantitative estimate of drug-likeness (QED) is 0.866. The number of amides is 1. The van der Waals surface area contributed by atoms with Crippen molar-refractivity contribution < 1.29 is 17.6 Å². The van der Waals surface area contributed by atoms with Gasteiger partial charge in [-0.05, 0) is 48.4 Å². The Labute approximate surface area is 156 Å². The summed E-state index contributed by atoms with van der Waals surface area (Å²) in [5.41, 5.74) is 1.01. The first-order valence-electron chi connectivity index (χ1n) is 8.05. The van der Waals surface area contributed by atoms with Gasteiger partial charge in [-0.2, -0.15) is 0 Å². The summed E-state index contributed by atoms with van der Waals surface area (Å²) in [5.74, 6) is 0.0935. The number of carbonyl (C=O) groups excluding carboxylic acids is 1. The second-order valence-electron chi connectivity index (χ2n) is 6.16. The molecule has 0 radical (unpaired) electrons. The molecule has 0 saturated heterocycles. The standard InChI is InChI=1S/C18H19FN2O3S2/c1-21(2)26(23,24)14-5-3-4-12(10-14)18(22)20-16-8-9-25-17-7-6-13(19)11-15(16)17/h3-7,10-11,16H,8-9H2,1-2H3,(H,20,22). The molecule has 0 fully saturated rings. The summed E-state index contributed by atoms with van der Waals surface area (Å²) >= 11 is 1.63. The minimum absolute atomic E-state index is 0.0563. The van der Waals surface area contributed by atoms with Gasteiger partial charge in [0.1, 0.15) is 5.82 Å². The molecule has 1 aliphatic rings. The first-order chi connectivity index (χ1) is 12.3. The number of halogens is 1. The predicted octanol–water partition coefficient (Wildman–Crippen LogP) is 3.04. The molecule has 1 heterocycles. The molecule has 1 aliphatic heterocycles. The summed E-state index contributed by atoms with van der Waals surface area (Å²) in [7, 11) is -0.744. The average molecular weight is 394 g/mol. The SMILES string of the molecule is CN(C)S(=O)(=O)c1cccc(C(=O)NC2CCSc3ccc(F)cc32)c1. The first kappa shape index (κ1) is 18.9. The minimum Gasteiger partial charge on any atom is -0.345 e. The smallest absolute Gasteiger partial charge is 0.251 e. The number of rotatable bonds is 4. The van der Waals surface area contributed by atoms with Gasteiger partial charge in [0.05, 0.1) is 10.9 Å². The number of carbonyl (C=O) groups is 1. The molecule has 1 amide bonds. The highest BCUT2D eigenvalue weighted by atomic mass is 32.2. The molecule has 0 spiro atoms. The van der Waals surface area contributed by atoms with Crippen LogP contribution in [-0.4, -0.2) is 38.5 Å². The Morgan fingerprint density at radius 2 is 2.00 bits per heavy atom. The van der Waals surface area contributed by atoms with E-state index >= 15 is 0 Å². The van der Waals surface area contributed by atoms with Crippen molar-refractivity contribution in [1.29, 1.82) is 0 Å². The Morgan fingerprint density at radius 1 is 1.23 bits per heavy atom. The van der Waals surface area contributed by atoms with Crippen LogP contribution in [0.4, 0.5) is 4.39 Å². The Balaban J connectivity index is 1.85. The molecule has 0 bridgehead atoms. The van der Waals surface area contributed by atoms with Crippen molar-refractivity contribution in [1.82, 2.24) is 9.62 Å². The lowest BCUT2D eigenvalue weighted by atomic mass is 10.0. The van der Waals surface area contributed by atoms with Crippen LogP contribution in [0.3, 0.4) is 0 Å². The minimum atomic E-state index is -3.62. The number of fused-ring (bicyclic) bond motifs is 1. The zero-order valence-electron chi connectivity index (χ0n) is 14.4. The largest absolute Gasteiger partial charge is 0.345 e. The third-order valence-electron chi connectivity index (χ3n) is 4.19. The summed E-state index contributed by atoms with van der Waals surface area (Å²) in [5, 5.41) is 2.90. The van der Waals surface area contributed by atoms with E-state index in [1.807, 2.05) is 0 Å². The fourth-order valence-electron chi connectivity index (χ4n) is 2.77. The lowest BCUT2D eigenvalue weighted by Crippen LogP contribution is -2.31. The van der Waals surface area contributed by atoms with E-state index in [1.54, 1.807) is 23.9 Å². The Morgan fingerprint density at radius 3 is 2.73 bits per heavy atom. The van der Waals surface area contributed by atoms with E-state index in [1.165, 1.54) is 44.4 Å². The van der Waals surface area contributed by atoms with E-state index in [0.717, 1.165) is 20.5 Å². The number of thioether (sulfide) groups is 1. The molecule has 5 nitrogen and oxygen atoms in total. The zero-order chi connectivity index (χ0) is 18.9. The van der Waals surface area contributed by atoms with Gasteiger partial charge < -0.3 is 5.32 Å². The molecule has 3 rings (SSSR count). The highest BCUT2D eigenvalue weighted by molar-refractivity contribution is 7.99. The van der Waals surface area contributed by atoms with Gasteiger partial charge in [0.25, 0.3) is 5.91 Å². The monoisotopic (exact) mass is 394 g/mol. The third-order valence-corrected chi connectivity index (χ3v) is 7.13. The molecule has 26 heavy (non-hydrogen) atoms. The molecule has 8 heteroatoms. The van der Waals surface area contributed by atoms with Crippen LogP contribution in [0.25, 0.3) is 0 Å². The van der Waals surface area contributed by atoms with Crippen molar-refractivity contribution in [2.75, 3.05) is 19.8 Å². The molecular weight excluding hydrogens is 375 g/mol. The van der Waals surface area contributed by atoms with Gasteiger partial charge >= 0.3 is 0 Å². The second-order valence-corrected chi connectivity index (χ2v) is 9.45. The summed E-state index contributed by atoms with van der Waals surface area (Å²) in [6.45, 7) is 0. The Hall–Kier alpha value is -1.90. The maximum atomic E-state index is 13.6. The molecular formula is C18H19FN2O3S2. The fourth-order valence-corrected chi connectivity index (χ4v) is 4.82. The van der Waals surface area contributed by atoms with Crippen LogP contribution >= 0.6 is 11.8 Å². The van der Waals surface area contributed by atoms with Crippen molar-refractivity contribution in [3.63, 3.8) is 0 Å². The number of benzene rings is 2. The van der Waals surface area contributed by atoms with E-state index in [9.17, 15) is 17.6 Å². The van der Waals surface area contributed by atoms with Gasteiger partial charge in [0.2, 0.25) is 10.0 Å². The Bertz CT molecular complexity index is 945. The molecule has 138 valence electrons. The number of hydrogen-bond acceptors (Lipinski definition) is 4. The topological polar surface area (TPSA) is 66.5 Å². The van der Waals surface area contributed by atoms with E-state index in [2.05, 4.69) is 5.32 Å². The maximum absolute atomic E-state index is 13.6. The predicted molar refractivity (Wildman–Crippen MR) is 99.3 cm³/mol. The lowest BCUT2D eigenvalue weighted by molar-refractivity contribution is 0.0934. The molecule has 1 unspecified atom stereocenters. The fraction of sp³-hybridized carbons (Fsp3) is 0.278. The van der Waals surface area contributed by atoms with Gasteiger partial charge in [-0.1, -0.05) is 6.07 Å². The third kappa shape index (κ3) is 3.77. The van der Waals surface area contributed by atoms with Crippen LogP contribution in [0, 0.1) is 5.82 Å². The highest BCUT2D eigenvalue weighted by Crippen LogP contribution is 2.36. The van der Waals surface area contributed by atoms with Crippen LogP contribution < -0.4 is 5.32 Å². The van der Waals surface area contributed by atoms with Crippen molar-refractivity contribution in [3.8, 4) is 0 Å². The summed E-state index contributed by atoms with van der Waals surface area (Å²) in [6.07, 6.45) is 0.683. The number of hydrogen-bond donors (Lipinski definition) is 1. The zero-order valence-corrected chi connectivity index (χ0v) is 16.0. The highest BCUT2D eigenvalue weighted by Gasteiger charge is 2.24. The van der Waals surface area contributed by atoms with E-state index in [-0.39, 0.29) is 28.2 Å². The summed E-state index contributed by atoms with van der Waals surface area (Å²) in [6, 6.07) is 10.2.